The van der Waals surface area contributed by atoms with Gasteiger partial charge in [-0.2, -0.15) is 10.4 Å². The van der Waals surface area contributed by atoms with E-state index in [-0.39, 0.29) is 5.41 Å². The number of anilines is 1. The standard InChI is InChI=1S/C26H34N7PS/c1-6-31-14-16-32(17-15-31)34(35)22(18-28-25-23(34)19(2)29-33(25)13-9-12-27)24-26(3,4)20-10-7-8-11-21(20)30(24)5/h7-8,10-11,18H,6,9,13-17H2,1-5H3/p+1/b24-22-/t34-/m1/s1. The lowest BCUT2D eigenvalue weighted by Crippen LogP contribution is -3.14. The summed E-state index contributed by atoms with van der Waals surface area (Å²) in [5, 5.41) is 16.3. The zero-order chi connectivity index (χ0) is 25.0. The van der Waals surface area contributed by atoms with Crippen molar-refractivity contribution in [1.29, 1.82) is 5.26 Å². The summed E-state index contributed by atoms with van der Waals surface area (Å²) in [6.07, 6.45) is 0.0594. The summed E-state index contributed by atoms with van der Waals surface area (Å²) in [4.78, 5) is 8.96. The molecule has 0 amide bonds. The van der Waals surface area contributed by atoms with Crippen molar-refractivity contribution in [2.45, 2.75) is 46.1 Å². The second kappa shape index (κ2) is 8.97. The molecule has 1 N–H and O–H groups in total. The second-order valence-corrected chi connectivity index (χ2v) is 14.4. The molecule has 1 fully saturated rings. The van der Waals surface area contributed by atoms with Crippen molar-refractivity contribution in [3.63, 3.8) is 0 Å². The summed E-state index contributed by atoms with van der Waals surface area (Å²) in [5.74, 6) is 0.853. The van der Waals surface area contributed by atoms with Gasteiger partial charge >= 0.3 is 0 Å². The maximum atomic E-state index is 9.18. The Morgan fingerprint density at radius 2 is 1.94 bits per heavy atom. The summed E-state index contributed by atoms with van der Waals surface area (Å²) in [5.41, 5.74) is 4.59. The number of nitrogens with zero attached hydrogens (tertiary/aromatic N) is 6. The van der Waals surface area contributed by atoms with Crippen molar-refractivity contribution < 1.29 is 4.90 Å². The summed E-state index contributed by atoms with van der Waals surface area (Å²) in [7, 11) is 2.17. The van der Waals surface area contributed by atoms with Crippen molar-refractivity contribution in [2.24, 2.45) is 4.99 Å². The zero-order valence-corrected chi connectivity index (χ0v) is 23.1. The van der Waals surface area contributed by atoms with E-state index in [4.69, 9.17) is 21.9 Å². The average molecular weight is 509 g/mol. The Morgan fingerprint density at radius 1 is 1.23 bits per heavy atom. The molecule has 1 atom stereocenters. The normalized spacial score (nSPS) is 26.0. The molecule has 0 radical (unpaired) electrons. The minimum Gasteiger partial charge on any atom is -0.346 e. The van der Waals surface area contributed by atoms with Crippen LogP contribution >= 0.6 is 6.19 Å². The lowest BCUT2D eigenvalue weighted by atomic mass is 9.84. The minimum atomic E-state index is -2.39. The number of allylic oxidation sites excluding steroid dienone is 2. The molecule has 1 saturated heterocycles. The number of nitriles is 1. The topological polar surface area (TPSA) is 64.9 Å². The van der Waals surface area contributed by atoms with Gasteiger partial charge in [0.25, 0.3) is 0 Å². The van der Waals surface area contributed by atoms with Gasteiger partial charge in [-0.15, -0.1) is 0 Å². The number of piperazine rings is 1. The van der Waals surface area contributed by atoms with E-state index < -0.39 is 6.19 Å². The van der Waals surface area contributed by atoms with Gasteiger partial charge in [0, 0.05) is 35.4 Å². The molecule has 9 heteroatoms. The molecule has 0 spiro atoms. The smallest absolute Gasteiger partial charge is 0.160 e. The molecule has 3 aliphatic heterocycles. The third-order valence-electron chi connectivity index (χ3n) is 7.90. The Bertz CT molecular complexity index is 1310. The first-order valence-corrected chi connectivity index (χ1v) is 15.3. The number of aliphatic imine (C=N–C) groups is 1. The van der Waals surface area contributed by atoms with Crippen LogP contribution in [0.2, 0.25) is 0 Å². The molecule has 1 aromatic heterocycles. The van der Waals surface area contributed by atoms with Crippen LogP contribution in [0.1, 0.15) is 38.4 Å². The van der Waals surface area contributed by atoms with Crippen molar-refractivity contribution >= 4 is 41.0 Å². The number of hydrogen-bond acceptors (Lipinski definition) is 5. The molecule has 1 aromatic carbocycles. The molecule has 0 aliphatic carbocycles. The maximum Gasteiger partial charge on any atom is 0.160 e. The lowest BCUT2D eigenvalue weighted by molar-refractivity contribution is -0.901. The van der Waals surface area contributed by atoms with Crippen LogP contribution in [0, 0.1) is 18.3 Å². The number of aryl methyl sites for hydroxylation is 2. The van der Waals surface area contributed by atoms with Gasteiger partial charge in [-0.1, -0.05) is 43.9 Å². The molecule has 35 heavy (non-hydrogen) atoms. The highest BCUT2D eigenvalue weighted by Crippen LogP contribution is 2.64. The largest absolute Gasteiger partial charge is 0.346 e. The predicted molar refractivity (Wildman–Crippen MR) is 147 cm³/mol. The van der Waals surface area contributed by atoms with E-state index in [2.05, 4.69) is 74.6 Å². The van der Waals surface area contributed by atoms with Gasteiger partial charge in [-0.25, -0.2) is 9.67 Å². The van der Waals surface area contributed by atoms with Gasteiger partial charge in [-0.05, 0) is 25.5 Å². The number of benzene rings is 1. The summed E-state index contributed by atoms with van der Waals surface area (Å²) in [6.45, 7) is 14.8. The Hall–Kier alpha value is -2.30. The highest BCUT2D eigenvalue weighted by atomic mass is 32.4. The van der Waals surface area contributed by atoms with Gasteiger partial charge in [0.05, 0.1) is 68.9 Å². The van der Waals surface area contributed by atoms with Crippen LogP contribution in [0.25, 0.3) is 0 Å². The van der Waals surface area contributed by atoms with Gasteiger partial charge in [0.15, 0.2) is 5.82 Å². The molecule has 5 rings (SSSR count). The number of quaternary nitrogens is 1. The Morgan fingerprint density at radius 3 is 2.60 bits per heavy atom. The van der Waals surface area contributed by atoms with E-state index >= 15 is 0 Å². The van der Waals surface area contributed by atoms with Crippen molar-refractivity contribution in [3.8, 4) is 6.07 Å². The van der Waals surface area contributed by atoms with Crippen LogP contribution in [-0.2, 0) is 23.8 Å². The SMILES string of the molecule is CC[NH+]1CCN([P@@]2(=S)/C(=C3\N(C)c4ccccc4C3(C)C)C=Nc3c2c(C)nn3CCC#N)CC1. The first-order chi connectivity index (χ1) is 16.7. The quantitative estimate of drug-likeness (QED) is 0.644. The lowest BCUT2D eigenvalue weighted by Gasteiger charge is -2.43. The van der Waals surface area contributed by atoms with E-state index in [0.29, 0.717) is 13.0 Å². The molecule has 3 aliphatic rings. The number of aromatic nitrogens is 2. The van der Waals surface area contributed by atoms with E-state index in [9.17, 15) is 5.26 Å². The molecule has 0 bridgehead atoms. The van der Waals surface area contributed by atoms with Gasteiger partial charge in [0.1, 0.15) is 0 Å². The summed E-state index contributed by atoms with van der Waals surface area (Å²) in [6, 6.07) is 10.9. The zero-order valence-electron chi connectivity index (χ0n) is 21.4. The van der Waals surface area contributed by atoms with Crippen LogP contribution in [-0.4, -0.2) is 60.4 Å². The van der Waals surface area contributed by atoms with E-state index in [1.807, 2.05) is 10.9 Å². The number of para-hydroxylation sites is 1. The average Bonchev–Trinajstić information content (AvgIpc) is 3.29. The minimum absolute atomic E-state index is 0.185. The van der Waals surface area contributed by atoms with Crippen molar-refractivity contribution in [2.75, 3.05) is 44.7 Å². The van der Waals surface area contributed by atoms with Gasteiger partial charge in [-0.3, -0.25) is 4.67 Å². The summed E-state index contributed by atoms with van der Waals surface area (Å²) < 4.78 is 4.49. The first-order valence-electron chi connectivity index (χ1n) is 12.5. The van der Waals surface area contributed by atoms with Gasteiger partial charge < -0.3 is 9.80 Å². The second-order valence-electron chi connectivity index (χ2n) is 10.2. The van der Waals surface area contributed by atoms with Crippen molar-refractivity contribution in [1.82, 2.24) is 14.5 Å². The van der Waals surface area contributed by atoms with Crippen LogP contribution in [0.15, 0.2) is 40.3 Å². The molecular formula is C26H35N7PS+. The van der Waals surface area contributed by atoms with Gasteiger partial charge in [0.2, 0.25) is 0 Å². The van der Waals surface area contributed by atoms with Crippen LogP contribution in [0.5, 0.6) is 0 Å². The van der Waals surface area contributed by atoms with Crippen LogP contribution < -0.4 is 15.1 Å². The predicted octanol–water partition coefficient (Wildman–Crippen LogP) is 2.70. The van der Waals surface area contributed by atoms with E-state index in [1.165, 1.54) is 22.3 Å². The van der Waals surface area contributed by atoms with E-state index in [1.54, 1.807) is 4.90 Å². The Kier molecular flexibility index (Phi) is 6.26. The van der Waals surface area contributed by atoms with Crippen molar-refractivity contribution in [3.05, 3.63) is 46.5 Å². The summed E-state index contributed by atoms with van der Waals surface area (Å²) >= 11 is 6.87. The third kappa shape index (κ3) is 3.64. The fourth-order valence-corrected chi connectivity index (χ4v) is 11.1. The number of nitrogens with one attached hydrogen (secondary N) is 1. The molecule has 0 saturated carbocycles. The highest BCUT2D eigenvalue weighted by molar-refractivity contribution is 8.19. The van der Waals surface area contributed by atoms with Crippen LogP contribution in [0.4, 0.5) is 11.5 Å². The molecule has 7 nitrogen and oxygen atoms in total. The number of hydrogen-bond donors (Lipinski definition) is 1. The van der Waals surface area contributed by atoms with E-state index in [0.717, 1.165) is 49.5 Å². The first kappa shape index (κ1) is 24.4. The molecular weight excluding hydrogens is 473 g/mol. The van der Waals surface area contributed by atoms with Crippen LogP contribution in [0.3, 0.4) is 0 Å². The number of fused-ring (bicyclic) bond motifs is 2. The number of likely N-dealkylation sites (N-methyl/N-ethyl adjacent to an activating group) is 2. The molecule has 184 valence electrons. The maximum absolute atomic E-state index is 9.18. The highest BCUT2D eigenvalue weighted by Gasteiger charge is 2.48. The fraction of sp³-hybridized carbons (Fsp3) is 0.500. The fourth-order valence-electron chi connectivity index (χ4n) is 6.07. The monoisotopic (exact) mass is 508 g/mol. The Labute approximate surface area is 213 Å². The number of rotatable bonds is 4. The molecule has 4 heterocycles. The Balaban J connectivity index is 1.74. The molecule has 0 unspecified atom stereocenters. The molecule has 2 aromatic rings. The third-order valence-corrected chi connectivity index (χ3v) is 13.0.